The molecule has 0 radical (unpaired) electrons. The lowest BCUT2D eigenvalue weighted by molar-refractivity contribution is -0.00834. The van der Waals surface area contributed by atoms with Crippen molar-refractivity contribution >= 4 is 21.4 Å². The van der Waals surface area contributed by atoms with Gasteiger partial charge in [0.15, 0.2) is 0 Å². The van der Waals surface area contributed by atoms with Crippen LogP contribution in [0, 0.1) is 0 Å². The summed E-state index contributed by atoms with van der Waals surface area (Å²) in [6.07, 6.45) is 3.72. The lowest BCUT2D eigenvalue weighted by Gasteiger charge is -2.15. The first kappa shape index (κ1) is 21.9. The van der Waals surface area contributed by atoms with Crippen LogP contribution in [0.5, 0.6) is 0 Å². The average Bonchev–Trinajstić information content (AvgIpc) is 3.26. The van der Waals surface area contributed by atoms with E-state index in [1.165, 1.54) is 23.6 Å². The molecule has 9 heteroatoms. The van der Waals surface area contributed by atoms with Crippen molar-refractivity contribution in [3.8, 4) is 11.3 Å². The maximum atomic E-state index is 13.9. The zero-order valence-corrected chi connectivity index (χ0v) is 18.4. The summed E-state index contributed by atoms with van der Waals surface area (Å²) in [6, 6.07) is 13.7. The van der Waals surface area contributed by atoms with E-state index in [0.717, 1.165) is 35.2 Å². The molecule has 3 heterocycles. The third kappa shape index (κ3) is 4.08. The van der Waals surface area contributed by atoms with Crippen molar-refractivity contribution in [2.45, 2.75) is 37.5 Å². The fourth-order valence-electron chi connectivity index (χ4n) is 3.44. The lowest BCUT2D eigenvalue weighted by Crippen LogP contribution is -2.17. The van der Waals surface area contributed by atoms with Gasteiger partial charge in [0.2, 0.25) is 0 Å². The summed E-state index contributed by atoms with van der Waals surface area (Å²) in [5, 5.41) is 4.58. The number of alkyl halides is 2. The number of nitrogens with zero attached hydrogens (tertiary/aromatic N) is 3. The van der Waals surface area contributed by atoms with Crippen molar-refractivity contribution in [3.63, 3.8) is 0 Å². The first-order valence-corrected chi connectivity index (χ1v) is 11.7. The largest absolute Gasteiger partial charge is 0.273 e. The van der Waals surface area contributed by atoms with Gasteiger partial charge in [-0.25, -0.2) is 21.7 Å². The number of rotatable bonds is 7. The fraction of sp³-hybridized carbons (Fsp3) is 0.217. The number of halogens is 2. The summed E-state index contributed by atoms with van der Waals surface area (Å²) in [5.74, 6) is -2.76. The van der Waals surface area contributed by atoms with E-state index in [1.807, 2.05) is 25.1 Å². The smallest absolute Gasteiger partial charge is 0.264 e. The molecule has 32 heavy (non-hydrogen) atoms. The summed E-state index contributed by atoms with van der Waals surface area (Å²) in [7, 11) is -4.02. The Bertz CT molecular complexity index is 1350. The molecule has 3 aromatic heterocycles. The molecule has 0 bridgehead atoms. The van der Waals surface area contributed by atoms with Gasteiger partial charge in [-0.05, 0) is 48.4 Å². The van der Waals surface area contributed by atoms with Crippen LogP contribution in [0.1, 0.15) is 31.4 Å². The summed E-state index contributed by atoms with van der Waals surface area (Å²) in [6.45, 7) is 3.38. The van der Waals surface area contributed by atoms with Gasteiger partial charge < -0.3 is 0 Å². The Morgan fingerprint density at radius 3 is 2.44 bits per heavy atom. The number of nitrogens with one attached hydrogen (secondary N) is 1. The van der Waals surface area contributed by atoms with Gasteiger partial charge in [0.25, 0.3) is 15.9 Å². The van der Waals surface area contributed by atoms with Gasteiger partial charge in [0.1, 0.15) is 5.82 Å². The maximum Gasteiger partial charge on any atom is 0.273 e. The summed E-state index contributed by atoms with van der Waals surface area (Å²) in [5.41, 5.74) is 3.01. The van der Waals surface area contributed by atoms with Gasteiger partial charge in [-0.15, -0.1) is 0 Å². The van der Waals surface area contributed by atoms with E-state index in [0.29, 0.717) is 5.69 Å². The zero-order valence-electron chi connectivity index (χ0n) is 17.6. The first-order chi connectivity index (χ1) is 15.2. The summed E-state index contributed by atoms with van der Waals surface area (Å²) >= 11 is 0. The number of anilines is 1. The summed E-state index contributed by atoms with van der Waals surface area (Å²) < 4.78 is 57.7. The van der Waals surface area contributed by atoms with Crippen LogP contribution < -0.4 is 4.72 Å². The normalized spacial score (nSPS) is 12.2. The molecular weight excluding hydrogens is 434 g/mol. The van der Waals surface area contributed by atoms with Crippen molar-refractivity contribution in [2.24, 2.45) is 0 Å². The number of fused-ring (bicyclic) bond motifs is 1. The minimum Gasteiger partial charge on any atom is -0.264 e. The highest BCUT2D eigenvalue weighted by Gasteiger charge is 2.29. The molecule has 166 valence electrons. The Morgan fingerprint density at radius 2 is 1.81 bits per heavy atom. The topological polar surface area (TPSA) is 76.4 Å². The van der Waals surface area contributed by atoms with E-state index >= 15 is 0 Å². The molecule has 0 saturated heterocycles. The average molecular weight is 457 g/mol. The van der Waals surface area contributed by atoms with E-state index < -0.39 is 15.9 Å². The molecule has 0 amide bonds. The Labute approximate surface area is 185 Å². The van der Waals surface area contributed by atoms with Crippen molar-refractivity contribution < 1.29 is 17.2 Å². The van der Waals surface area contributed by atoms with E-state index in [1.54, 1.807) is 24.5 Å². The standard InChI is InChI=1S/C23H22F2N4O2S/c1-3-16-7-12-22(29-21(16)14-20(27-29)17-6-5-13-26-15-17)28-32(30,31)19-10-8-18(9-11-19)23(24,25)4-2/h5-15,28H,3-4H2,1-2H3. The highest BCUT2D eigenvalue weighted by molar-refractivity contribution is 7.92. The number of hydrogen-bond donors (Lipinski definition) is 1. The van der Waals surface area contributed by atoms with Gasteiger partial charge in [-0.2, -0.15) is 5.10 Å². The van der Waals surface area contributed by atoms with Gasteiger partial charge in [-0.1, -0.05) is 32.0 Å². The Kier molecular flexibility index (Phi) is 5.68. The Balaban J connectivity index is 1.73. The van der Waals surface area contributed by atoms with Crippen molar-refractivity contribution in [1.29, 1.82) is 0 Å². The van der Waals surface area contributed by atoms with Crippen LogP contribution in [0.4, 0.5) is 14.6 Å². The molecule has 1 aromatic carbocycles. The van der Waals surface area contributed by atoms with Gasteiger partial charge in [0.05, 0.1) is 16.1 Å². The van der Waals surface area contributed by atoms with Crippen molar-refractivity contribution in [1.82, 2.24) is 14.6 Å². The molecule has 0 spiro atoms. The van der Waals surface area contributed by atoms with E-state index in [2.05, 4.69) is 14.8 Å². The number of benzene rings is 1. The van der Waals surface area contributed by atoms with Gasteiger partial charge in [0, 0.05) is 29.9 Å². The molecule has 6 nitrogen and oxygen atoms in total. The fourth-order valence-corrected chi connectivity index (χ4v) is 4.48. The second kappa shape index (κ2) is 8.31. The molecule has 1 N–H and O–H groups in total. The van der Waals surface area contributed by atoms with Crippen LogP contribution >= 0.6 is 0 Å². The van der Waals surface area contributed by atoms with Crippen LogP contribution in [0.15, 0.2) is 71.9 Å². The predicted molar refractivity (Wildman–Crippen MR) is 119 cm³/mol. The van der Waals surface area contributed by atoms with Crippen LogP contribution in [0.3, 0.4) is 0 Å². The van der Waals surface area contributed by atoms with Crippen LogP contribution in [-0.4, -0.2) is 23.0 Å². The maximum absolute atomic E-state index is 13.9. The Hall–Kier alpha value is -3.33. The number of aromatic nitrogens is 3. The van der Waals surface area contributed by atoms with Crippen LogP contribution in [0.25, 0.3) is 16.8 Å². The molecule has 0 fully saturated rings. The minimum absolute atomic E-state index is 0.111. The molecule has 4 rings (SSSR count). The third-order valence-corrected chi connectivity index (χ3v) is 6.69. The van der Waals surface area contributed by atoms with Gasteiger partial charge >= 0.3 is 0 Å². The summed E-state index contributed by atoms with van der Waals surface area (Å²) in [4.78, 5) is 4.00. The minimum atomic E-state index is -4.02. The number of sulfonamides is 1. The first-order valence-electron chi connectivity index (χ1n) is 10.2. The molecule has 0 saturated carbocycles. The lowest BCUT2D eigenvalue weighted by atomic mass is 10.1. The molecule has 0 aliphatic heterocycles. The monoisotopic (exact) mass is 456 g/mol. The molecular formula is C23H22F2N4O2S. The SMILES string of the molecule is CCc1ccc(NS(=O)(=O)c2ccc(C(F)(F)CC)cc2)n2nc(-c3cccnc3)cc12. The van der Waals surface area contributed by atoms with Crippen LogP contribution in [0.2, 0.25) is 0 Å². The predicted octanol–water partition coefficient (Wildman–Crippen LogP) is 5.26. The van der Waals surface area contributed by atoms with Gasteiger partial charge in [-0.3, -0.25) is 9.71 Å². The highest BCUT2D eigenvalue weighted by atomic mass is 32.2. The number of aryl methyl sites for hydroxylation is 1. The van der Waals surface area contributed by atoms with Crippen molar-refractivity contribution in [3.05, 3.63) is 78.1 Å². The van der Waals surface area contributed by atoms with E-state index in [4.69, 9.17) is 0 Å². The molecule has 0 aliphatic rings. The molecule has 0 aliphatic carbocycles. The zero-order chi connectivity index (χ0) is 22.9. The van der Waals surface area contributed by atoms with Crippen molar-refractivity contribution in [2.75, 3.05) is 4.72 Å². The molecule has 0 unspecified atom stereocenters. The molecule has 0 atom stereocenters. The quantitative estimate of drug-likeness (QED) is 0.412. The van der Waals surface area contributed by atoms with Crippen LogP contribution in [-0.2, 0) is 22.4 Å². The van der Waals surface area contributed by atoms with E-state index in [9.17, 15) is 17.2 Å². The highest BCUT2D eigenvalue weighted by Crippen LogP contribution is 2.32. The molecule has 4 aromatic rings. The van der Waals surface area contributed by atoms with E-state index in [-0.39, 0.29) is 22.7 Å². The Morgan fingerprint density at radius 1 is 1.06 bits per heavy atom. The number of pyridine rings is 2. The second-order valence-electron chi connectivity index (χ2n) is 7.35. The number of hydrogen-bond acceptors (Lipinski definition) is 4. The second-order valence-corrected chi connectivity index (χ2v) is 9.04. The third-order valence-electron chi connectivity index (χ3n) is 5.32.